The van der Waals surface area contributed by atoms with Crippen molar-refractivity contribution in [3.05, 3.63) is 90.1 Å². The van der Waals surface area contributed by atoms with Gasteiger partial charge in [-0.3, -0.25) is 0 Å². The van der Waals surface area contributed by atoms with Gasteiger partial charge in [0, 0.05) is 36.5 Å². The first-order valence-corrected chi connectivity index (χ1v) is 13.3. The largest absolute Gasteiger partial charge is 0.494 e. The molecule has 212 valence electrons. The summed E-state index contributed by atoms with van der Waals surface area (Å²) in [6, 6.07) is 17.5. The monoisotopic (exact) mass is 555 g/mol. The predicted octanol–water partition coefficient (Wildman–Crippen LogP) is 8.16. The summed E-state index contributed by atoms with van der Waals surface area (Å²) in [5.41, 5.74) is 1.34. The van der Waals surface area contributed by atoms with Crippen molar-refractivity contribution in [2.45, 2.75) is 38.8 Å². The molecule has 0 amide bonds. The molecule has 0 N–H and O–H groups in total. The fourth-order valence-corrected chi connectivity index (χ4v) is 4.19. The number of hydrogen-bond acceptors (Lipinski definition) is 4. The number of aryl methyl sites for hydroxylation is 1. The van der Waals surface area contributed by atoms with Gasteiger partial charge in [-0.2, -0.15) is 13.2 Å². The zero-order valence-corrected chi connectivity index (χ0v) is 22.8. The van der Waals surface area contributed by atoms with Crippen LogP contribution in [0.3, 0.4) is 0 Å². The number of halogens is 4. The molecule has 0 saturated heterocycles. The van der Waals surface area contributed by atoms with Crippen LogP contribution >= 0.6 is 0 Å². The van der Waals surface area contributed by atoms with Crippen LogP contribution in [0, 0.1) is 5.82 Å². The molecule has 5 nitrogen and oxygen atoms in total. The summed E-state index contributed by atoms with van der Waals surface area (Å²) in [5, 5.41) is 0. The van der Waals surface area contributed by atoms with Gasteiger partial charge < -0.3 is 18.9 Å². The fourth-order valence-electron chi connectivity index (χ4n) is 4.19. The second-order valence-corrected chi connectivity index (χ2v) is 9.78. The average molecular weight is 556 g/mol. The van der Waals surface area contributed by atoms with Gasteiger partial charge in [0.05, 0.1) is 17.9 Å². The third kappa shape index (κ3) is 7.63. The van der Waals surface area contributed by atoms with Gasteiger partial charge in [0.25, 0.3) is 0 Å². The number of rotatable bonds is 12. The Kier molecular flexibility index (Phi) is 9.47. The van der Waals surface area contributed by atoms with E-state index in [-0.39, 0.29) is 5.75 Å². The Morgan fingerprint density at radius 1 is 0.875 bits per heavy atom. The summed E-state index contributed by atoms with van der Waals surface area (Å²) in [5.74, 6) is 0.713. The third-order valence-electron chi connectivity index (χ3n) is 6.30. The van der Waals surface area contributed by atoms with Crippen LogP contribution in [0.1, 0.15) is 37.6 Å². The Balaban J connectivity index is 1.49. The highest BCUT2D eigenvalue weighted by Gasteiger charge is 2.34. The van der Waals surface area contributed by atoms with E-state index in [1.165, 1.54) is 0 Å². The Bertz CT molecular complexity index is 1380. The molecule has 0 saturated carbocycles. The van der Waals surface area contributed by atoms with E-state index >= 15 is 0 Å². The lowest BCUT2D eigenvalue weighted by Crippen LogP contribution is -2.15. The van der Waals surface area contributed by atoms with Gasteiger partial charge in [-0.05, 0) is 87.6 Å². The van der Waals surface area contributed by atoms with Gasteiger partial charge in [0.1, 0.15) is 28.9 Å². The molecular weight excluding hydrogens is 522 g/mol. The van der Waals surface area contributed by atoms with Crippen molar-refractivity contribution in [2.24, 2.45) is 0 Å². The number of nitrogens with zero attached hydrogens (tertiary/aromatic N) is 3. The van der Waals surface area contributed by atoms with E-state index in [0.29, 0.717) is 18.4 Å². The minimum Gasteiger partial charge on any atom is -0.494 e. The molecule has 1 aromatic heterocycles. The topological polar surface area (TPSA) is 39.5 Å². The SMILES string of the molecule is CCCCc1nc(-c2ccc(OCCCN(C)C)cc2)cn1-c1ccc(Oc2ccc(C(F)(F)F)c(F)c2)cc1. The highest BCUT2D eigenvalue weighted by Crippen LogP contribution is 2.34. The first-order chi connectivity index (χ1) is 19.1. The molecule has 0 aliphatic heterocycles. The number of hydrogen-bond donors (Lipinski definition) is 0. The molecular formula is C31H33F4N3O2. The van der Waals surface area contributed by atoms with E-state index in [0.717, 1.165) is 72.9 Å². The van der Waals surface area contributed by atoms with E-state index in [1.807, 2.05) is 61.3 Å². The zero-order valence-electron chi connectivity index (χ0n) is 22.8. The molecule has 0 aliphatic carbocycles. The zero-order chi connectivity index (χ0) is 28.7. The molecule has 3 aromatic carbocycles. The average Bonchev–Trinajstić information content (AvgIpc) is 3.34. The van der Waals surface area contributed by atoms with Crippen molar-refractivity contribution in [1.29, 1.82) is 0 Å². The first-order valence-electron chi connectivity index (χ1n) is 13.3. The second kappa shape index (κ2) is 13.0. The fraction of sp³-hybridized carbons (Fsp3) is 0.323. The summed E-state index contributed by atoms with van der Waals surface area (Å²) in [4.78, 5) is 7.02. The molecule has 0 radical (unpaired) electrons. The van der Waals surface area contributed by atoms with Crippen LogP contribution in [0.2, 0.25) is 0 Å². The maximum Gasteiger partial charge on any atom is 0.419 e. The van der Waals surface area contributed by atoms with Crippen LogP contribution in [0.15, 0.2) is 72.9 Å². The van der Waals surface area contributed by atoms with Gasteiger partial charge in [0.2, 0.25) is 0 Å². The summed E-state index contributed by atoms with van der Waals surface area (Å²) in [6.45, 7) is 3.75. The lowest BCUT2D eigenvalue weighted by Gasteiger charge is -2.11. The molecule has 9 heteroatoms. The maximum absolute atomic E-state index is 13.9. The molecule has 0 spiro atoms. The summed E-state index contributed by atoms with van der Waals surface area (Å²) >= 11 is 0. The van der Waals surface area contributed by atoms with E-state index in [1.54, 1.807) is 12.1 Å². The van der Waals surface area contributed by atoms with E-state index in [4.69, 9.17) is 14.5 Å². The second-order valence-electron chi connectivity index (χ2n) is 9.78. The Morgan fingerprint density at radius 2 is 1.55 bits per heavy atom. The van der Waals surface area contributed by atoms with Gasteiger partial charge >= 0.3 is 6.18 Å². The van der Waals surface area contributed by atoms with Gasteiger partial charge in [-0.25, -0.2) is 9.37 Å². The molecule has 1 heterocycles. The van der Waals surface area contributed by atoms with Crippen LogP contribution in [0.4, 0.5) is 17.6 Å². The molecule has 0 aliphatic rings. The van der Waals surface area contributed by atoms with Crippen molar-refractivity contribution >= 4 is 0 Å². The van der Waals surface area contributed by atoms with Gasteiger partial charge in [-0.1, -0.05) is 13.3 Å². The van der Waals surface area contributed by atoms with Crippen molar-refractivity contribution in [3.8, 4) is 34.2 Å². The van der Waals surface area contributed by atoms with E-state index < -0.39 is 17.6 Å². The molecule has 4 aromatic rings. The Morgan fingerprint density at radius 3 is 2.17 bits per heavy atom. The van der Waals surface area contributed by atoms with Crippen molar-refractivity contribution in [2.75, 3.05) is 27.2 Å². The standard InChI is InChI=1S/C31H33F4N3O2/c1-4-5-7-30-36-29(22-8-12-24(13-9-22)39-19-6-18-37(2)3)21-38(30)23-10-14-25(15-11-23)40-26-16-17-27(28(32)20-26)31(33,34)35/h8-17,20-21H,4-7,18-19H2,1-3H3. The quantitative estimate of drug-likeness (QED) is 0.131. The summed E-state index contributed by atoms with van der Waals surface area (Å²) in [7, 11) is 4.08. The van der Waals surface area contributed by atoms with Crippen LogP contribution in [-0.4, -0.2) is 41.7 Å². The van der Waals surface area contributed by atoms with E-state index in [9.17, 15) is 17.6 Å². The van der Waals surface area contributed by atoms with Crippen molar-refractivity contribution in [1.82, 2.24) is 14.5 Å². The van der Waals surface area contributed by atoms with Crippen LogP contribution in [0.5, 0.6) is 17.2 Å². The number of ether oxygens (including phenoxy) is 2. The van der Waals surface area contributed by atoms with Crippen molar-refractivity contribution in [3.63, 3.8) is 0 Å². The van der Waals surface area contributed by atoms with Gasteiger partial charge in [0.15, 0.2) is 0 Å². The highest BCUT2D eigenvalue weighted by atomic mass is 19.4. The molecule has 40 heavy (non-hydrogen) atoms. The van der Waals surface area contributed by atoms with Gasteiger partial charge in [-0.15, -0.1) is 0 Å². The molecule has 0 unspecified atom stereocenters. The van der Waals surface area contributed by atoms with Crippen molar-refractivity contribution < 1.29 is 27.0 Å². The molecule has 0 bridgehead atoms. The normalized spacial score (nSPS) is 11.7. The highest BCUT2D eigenvalue weighted by molar-refractivity contribution is 5.61. The molecule has 4 rings (SSSR count). The number of alkyl halides is 3. The number of benzene rings is 3. The number of imidazole rings is 1. The van der Waals surface area contributed by atoms with Crippen LogP contribution in [-0.2, 0) is 12.6 Å². The molecule has 0 atom stereocenters. The van der Waals surface area contributed by atoms with E-state index in [2.05, 4.69) is 11.8 Å². The smallest absolute Gasteiger partial charge is 0.419 e. The van der Waals surface area contributed by atoms with Crippen LogP contribution in [0.25, 0.3) is 16.9 Å². The predicted molar refractivity (Wildman–Crippen MR) is 148 cm³/mol. The summed E-state index contributed by atoms with van der Waals surface area (Å²) < 4.78 is 65.9. The lowest BCUT2D eigenvalue weighted by molar-refractivity contribution is -0.140. The molecule has 0 fully saturated rings. The number of aromatic nitrogens is 2. The lowest BCUT2D eigenvalue weighted by atomic mass is 10.1. The number of unbranched alkanes of at least 4 members (excludes halogenated alkanes) is 1. The minimum absolute atomic E-state index is 0.0167. The first kappa shape index (κ1) is 29.1. The summed E-state index contributed by atoms with van der Waals surface area (Å²) in [6.07, 6.45) is 0.983. The maximum atomic E-state index is 13.9. The Labute approximate surface area is 232 Å². The Hall–Kier alpha value is -3.85. The third-order valence-corrected chi connectivity index (χ3v) is 6.30. The van der Waals surface area contributed by atoms with Crippen LogP contribution < -0.4 is 9.47 Å². The minimum atomic E-state index is -4.76.